The molecule has 2 amide bonds. The lowest BCUT2D eigenvalue weighted by Gasteiger charge is -2.30. The molecule has 0 aliphatic rings. The number of hydrogen-bond acceptors (Lipinski definition) is 4. The number of nitrogens with two attached hydrogens (primary N) is 3. The minimum Gasteiger partial charge on any atom is -0.369 e. The molecule has 1 atom stereocenters. The topological polar surface area (TPSA) is 115 Å². The van der Waals surface area contributed by atoms with Crippen LogP contribution in [-0.4, -0.2) is 36.3 Å². The summed E-state index contributed by atoms with van der Waals surface area (Å²) in [6.45, 7) is 2.11. The van der Waals surface area contributed by atoms with Crippen LogP contribution in [0.2, 0.25) is 0 Å². The van der Waals surface area contributed by atoms with E-state index in [1.807, 2.05) is 31.2 Å². The third-order valence-electron chi connectivity index (χ3n) is 2.93. The summed E-state index contributed by atoms with van der Waals surface area (Å²) < 4.78 is 0. The van der Waals surface area contributed by atoms with Gasteiger partial charge < -0.3 is 17.2 Å². The molecule has 6 nitrogen and oxygen atoms in total. The molecule has 0 spiro atoms. The summed E-state index contributed by atoms with van der Waals surface area (Å²) in [5.41, 5.74) is 18.2. The van der Waals surface area contributed by atoms with Crippen molar-refractivity contribution < 1.29 is 9.59 Å². The summed E-state index contributed by atoms with van der Waals surface area (Å²) in [6, 6.07) is 7.41. The van der Waals surface area contributed by atoms with E-state index in [4.69, 9.17) is 17.2 Å². The van der Waals surface area contributed by atoms with Crippen LogP contribution < -0.4 is 17.2 Å². The van der Waals surface area contributed by atoms with E-state index in [0.717, 1.165) is 11.1 Å². The van der Waals surface area contributed by atoms with Crippen molar-refractivity contribution in [2.75, 3.05) is 19.6 Å². The number of carbonyl (C=O) groups excluding carboxylic acids is 2. The number of nitrogens with zero attached hydrogens (tertiary/aromatic N) is 1. The van der Waals surface area contributed by atoms with Gasteiger partial charge in [0.1, 0.15) is 0 Å². The van der Waals surface area contributed by atoms with E-state index in [1.54, 1.807) is 4.90 Å². The van der Waals surface area contributed by atoms with Crippen molar-refractivity contribution in [3.8, 4) is 0 Å². The largest absolute Gasteiger partial charge is 0.369 e. The molecule has 1 rings (SSSR count). The molecule has 0 fully saturated rings. The fraction of sp³-hybridized carbons (Fsp3) is 0.385. The zero-order chi connectivity index (χ0) is 14.4. The number of rotatable bonds is 7. The van der Waals surface area contributed by atoms with Crippen molar-refractivity contribution in [2.24, 2.45) is 17.2 Å². The maximum Gasteiger partial charge on any atom is 0.231 e. The van der Waals surface area contributed by atoms with Gasteiger partial charge in [0.25, 0.3) is 0 Å². The summed E-state index contributed by atoms with van der Waals surface area (Å²) in [4.78, 5) is 23.8. The molecular weight excluding hydrogens is 244 g/mol. The molecule has 0 radical (unpaired) electrons. The van der Waals surface area contributed by atoms with Gasteiger partial charge in [0, 0.05) is 12.6 Å². The minimum absolute atomic E-state index is 0.0564. The maximum atomic E-state index is 11.1. The van der Waals surface area contributed by atoms with Gasteiger partial charge >= 0.3 is 0 Å². The van der Waals surface area contributed by atoms with E-state index in [1.165, 1.54) is 0 Å². The van der Waals surface area contributed by atoms with Crippen LogP contribution in [0.3, 0.4) is 0 Å². The van der Waals surface area contributed by atoms with E-state index in [2.05, 4.69) is 0 Å². The molecule has 0 aromatic heterocycles. The van der Waals surface area contributed by atoms with Crippen molar-refractivity contribution in [2.45, 2.75) is 13.0 Å². The number of amides is 2. The molecule has 19 heavy (non-hydrogen) atoms. The molecule has 6 N–H and O–H groups in total. The third-order valence-corrected chi connectivity index (χ3v) is 2.93. The molecule has 0 saturated carbocycles. The first-order valence-corrected chi connectivity index (χ1v) is 6.02. The molecular formula is C13H20N4O2. The van der Waals surface area contributed by atoms with Gasteiger partial charge in [-0.05, 0) is 18.1 Å². The van der Waals surface area contributed by atoms with Crippen molar-refractivity contribution in [3.63, 3.8) is 0 Å². The minimum atomic E-state index is -0.520. The normalized spacial score (nSPS) is 12.4. The summed E-state index contributed by atoms with van der Waals surface area (Å²) in [6.07, 6.45) is 0. The average molecular weight is 264 g/mol. The van der Waals surface area contributed by atoms with Gasteiger partial charge in [-0.15, -0.1) is 0 Å². The van der Waals surface area contributed by atoms with Gasteiger partial charge in [0.2, 0.25) is 11.8 Å². The van der Waals surface area contributed by atoms with E-state index < -0.39 is 11.8 Å². The number of benzene rings is 1. The van der Waals surface area contributed by atoms with E-state index in [9.17, 15) is 9.59 Å². The lowest BCUT2D eigenvalue weighted by molar-refractivity contribution is -0.122. The van der Waals surface area contributed by atoms with Gasteiger partial charge in [-0.25, -0.2) is 0 Å². The van der Waals surface area contributed by atoms with Gasteiger partial charge in [0.15, 0.2) is 0 Å². The molecule has 0 bridgehead atoms. The van der Waals surface area contributed by atoms with Crippen molar-refractivity contribution in [1.82, 2.24) is 4.90 Å². The van der Waals surface area contributed by atoms with Gasteiger partial charge in [-0.3, -0.25) is 14.5 Å². The molecule has 1 aromatic carbocycles. The van der Waals surface area contributed by atoms with E-state index >= 15 is 0 Å². The smallest absolute Gasteiger partial charge is 0.231 e. The van der Waals surface area contributed by atoms with Crippen LogP contribution in [0.15, 0.2) is 24.3 Å². The first-order valence-electron chi connectivity index (χ1n) is 6.02. The quantitative estimate of drug-likeness (QED) is 0.602. The maximum absolute atomic E-state index is 11.1. The second-order valence-corrected chi connectivity index (χ2v) is 4.45. The first kappa shape index (κ1) is 15.1. The predicted molar refractivity (Wildman–Crippen MR) is 72.9 cm³/mol. The predicted octanol–water partition coefficient (Wildman–Crippen LogP) is -0.733. The monoisotopic (exact) mass is 264 g/mol. The second kappa shape index (κ2) is 6.86. The van der Waals surface area contributed by atoms with Crippen molar-refractivity contribution >= 4 is 11.8 Å². The van der Waals surface area contributed by atoms with Crippen LogP contribution in [0.4, 0.5) is 0 Å². The highest BCUT2D eigenvalue weighted by molar-refractivity contribution is 5.79. The van der Waals surface area contributed by atoms with E-state index in [-0.39, 0.29) is 25.7 Å². The van der Waals surface area contributed by atoms with Gasteiger partial charge in [-0.2, -0.15) is 0 Å². The van der Waals surface area contributed by atoms with Gasteiger partial charge in [-0.1, -0.05) is 24.3 Å². The van der Waals surface area contributed by atoms with Crippen molar-refractivity contribution in [1.29, 1.82) is 0 Å². The second-order valence-electron chi connectivity index (χ2n) is 4.45. The Bertz CT molecular complexity index is 446. The van der Waals surface area contributed by atoms with Crippen LogP contribution in [0.1, 0.15) is 17.2 Å². The van der Waals surface area contributed by atoms with Crippen LogP contribution in [0, 0.1) is 6.92 Å². The highest BCUT2D eigenvalue weighted by atomic mass is 16.2. The molecule has 1 unspecified atom stereocenters. The average Bonchev–Trinajstić information content (AvgIpc) is 2.30. The number of aryl methyl sites for hydroxylation is 1. The Labute approximate surface area is 112 Å². The van der Waals surface area contributed by atoms with Crippen LogP contribution >= 0.6 is 0 Å². The van der Waals surface area contributed by atoms with E-state index in [0.29, 0.717) is 0 Å². The molecule has 0 aliphatic heterocycles. The van der Waals surface area contributed by atoms with Crippen molar-refractivity contribution in [3.05, 3.63) is 35.4 Å². The first-order chi connectivity index (χ1) is 8.95. The number of carbonyl (C=O) groups is 2. The number of primary amides is 2. The Kier molecular flexibility index (Phi) is 5.47. The highest BCUT2D eigenvalue weighted by Crippen LogP contribution is 2.22. The third kappa shape index (κ3) is 4.35. The Morgan fingerprint density at radius 2 is 1.68 bits per heavy atom. The number of hydrogen-bond donors (Lipinski definition) is 3. The lowest BCUT2D eigenvalue weighted by Crippen LogP contribution is -2.44. The lowest BCUT2D eigenvalue weighted by atomic mass is 10.00. The Morgan fingerprint density at radius 1 is 1.16 bits per heavy atom. The highest BCUT2D eigenvalue weighted by Gasteiger charge is 2.23. The molecule has 0 saturated heterocycles. The van der Waals surface area contributed by atoms with Gasteiger partial charge in [0.05, 0.1) is 13.1 Å². The Hall–Kier alpha value is -1.92. The Balaban J connectivity index is 3.05. The molecule has 0 heterocycles. The summed E-state index contributed by atoms with van der Waals surface area (Å²) in [5, 5.41) is 0. The Morgan fingerprint density at radius 3 is 2.11 bits per heavy atom. The SMILES string of the molecule is Cc1ccccc1C(CN)N(CC(N)=O)CC(N)=O. The molecule has 1 aromatic rings. The zero-order valence-electron chi connectivity index (χ0n) is 11.0. The fourth-order valence-electron chi connectivity index (χ4n) is 2.11. The fourth-order valence-corrected chi connectivity index (χ4v) is 2.11. The molecule has 6 heteroatoms. The molecule has 0 aliphatic carbocycles. The summed E-state index contributed by atoms with van der Waals surface area (Å²) >= 11 is 0. The van der Waals surface area contributed by atoms with Crippen LogP contribution in [-0.2, 0) is 9.59 Å². The zero-order valence-corrected chi connectivity index (χ0v) is 11.0. The standard InChI is InChI=1S/C13H20N4O2/c1-9-4-2-3-5-10(9)11(6-14)17(7-12(15)18)8-13(16)19/h2-5,11H,6-8,14H2,1H3,(H2,15,18)(H2,16,19). The van der Waals surface area contributed by atoms with Crippen LogP contribution in [0.25, 0.3) is 0 Å². The summed E-state index contributed by atoms with van der Waals surface area (Å²) in [7, 11) is 0. The van der Waals surface area contributed by atoms with Crippen LogP contribution in [0.5, 0.6) is 0 Å². The molecule has 104 valence electrons. The summed E-state index contributed by atoms with van der Waals surface area (Å²) in [5.74, 6) is -1.04.